The number of nitrogens with one attached hydrogen (secondary N) is 2. The summed E-state index contributed by atoms with van der Waals surface area (Å²) in [5, 5.41) is 5.29. The SMILES string of the molecule is CC(C)(C)OC(=O)NCCCNC(=O)C1CCC(C(F)(F)c2cc(Cl)nc(Cl)c2)CC1. The van der Waals surface area contributed by atoms with Gasteiger partial charge in [0.1, 0.15) is 15.9 Å². The lowest BCUT2D eigenvalue weighted by atomic mass is 9.77. The van der Waals surface area contributed by atoms with Gasteiger partial charge in [0.2, 0.25) is 5.91 Å². The van der Waals surface area contributed by atoms with E-state index in [0.717, 1.165) is 12.1 Å². The molecule has 2 rings (SSSR count). The number of hydrogen-bond donors (Lipinski definition) is 2. The predicted molar refractivity (Wildman–Crippen MR) is 115 cm³/mol. The highest BCUT2D eigenvalue weighted by Crippen LogP contribution is 2.45. The van der Waals surface area contributed by atoms with Crippen LogP contribution in [0.25, 0.3) is 0 Å². The van der Waals surface area contributed by atoms with Crippen LogP contribution < -0.4 is 10.6 Å². The van der Waals surface area contributed by atoms with Gasteiger partial charge in [-0.3, -0.25) is 4.79 Å². The Kier molecular flexibility index (Phi) is 8.89. The lowest BCUT2D eigenvalue weighted by Gasteiger charge is -2.33. The first kappa shape index (κ1) is 25.6. The molecule has 2 amide bonds. The van der Waals surface area contributed by atoms with Gasteiger partial charge >= 0.3 is 6.09 Å². The van der Waals surface area contributed by atoms with Crippen molar-refractivity contribution >= 4 is 35.2 Å². The number of alkyl halides is 2. The number of pyridine rings is 1. The Morgan fingerprint density at radius 3 is 2.16 bits per heavy atom. The monoisotopic (exact) mass is 479 g/mol. The van der Waals surface area contributed by atoms with Gasteiger partial charge in [-0.05, 0) is 65.0 Å². The lowest BCUT2D eigenvalue weighted by molar-refractivity contribution is -0.129. The van der Waals surface area contributed by atoms with Gasteiger partial charge in [-0.25, -0.2) is 18.6 Å². The fraction of sp³-hybridized carbons (Fsp3) is 0.667. The molecule has 0 bridgehead atoms. The van der Waals surface area contributed by atoms with Crippen LogP contribution in [0.2, 0.25) is 10.3 Å². The van der Waals surface area contributed by atoms with Crippen LogP contribution >= 0.6 is 23.2 Å². The number of halogens is 4. The number of carbonyl (C=O) groups is 2. The molecule has 10 heteroatoms. The lowest BCUT2D eigenvalue weighted by Crippen LogP contribution is -2.38. The molecule has 2 N–H and O–H groups in total. The predicted octanol–water partition coefficient (Wildman–Crippen LogP) is 5.32. The van der Waals surface area contributed by atoms with Crippen molar-refractivity contribution < 1.29 is 23.1 Å². The van der Waals surface area contributed by atoms with Crippen molar-refractivity contribution in [3.8, 4) is 0 Å². The Hall–Kier alpha value is -1.67. The van der Waals surface area contributed by atoms with Gasteiger partial charge in [0.15, 0.2) is 0 Å². The fourth-order valence-corrected chi connectivity index (χ4v) is 4.02. The normalized spacial score (nSPS) is 19.6. The second kappa shape index (κ2) is 10.8. The van der Waals surface area contributed by atoms with Gasteiger partial charge in [-0.15, -0.1) is 0 Å². The van der Waals surface area contributed by atoms with Crippen LogP contribution in [0.5, 0.6) is 0 Å². The molecule has 0 spiro atoms. The molecule has 1 saturated carbocycles. The number of hydrogen-bond acceptors (Lipinski definition) is 4. The summed E-state index contributed by atoms with van der Waals surface area (Å²) >= 11 is 11.5. The Bertz CT molecular complexity index is 759. The minimum atomic E-state index is -3.09. The van der Waals surface area contributed by atoms with Crippen LogP contribution in [0, 0.1) is 11.8 Å². The summed E-state index contributed by atoms with van der Waals surface area (Å²) in [6.45, 7) is 6.08. The molecule has 0 aromatic carbocycles. The molecule has 1 aromatic heterocycles. The average molecular weight is 480 g/mol. The van der Waals surface area contributed by atoms with Crippen molar-refractivity contribution in [1.82, 2.24) is 15.6 Å². The van der Waals surface area contributed by atoms with Crippen LogP contribution in [0.4, 0.5) is 13.6 Å². The quantitative estimate of drug-likeness (QED) is 0.409. The highest BCUT2D eigenvalue weighted by molar-refractivity contribution is 6.32. The summed E-state index contributed by atoms with van der Waals surface area (Å²) in [4.78, 5) is 27.6. The van der Waals surface area contributed by atoms with Gasteiger partial charge in [-0.2, -0.15) is 0 Å². The maximum Gasteiger partial charge on any atom is 0.407 e. The first-order valence-corrected chi connectivity index (χ1v) is 11.1. The van der Waals surface area contributed by atoms with E-state index in [9.17, 15) is 18.4 Å². The maximum absolute atomic E-state index is 14.9. The zero-order chi connectivity index (χ0) is 23.2. The molecule has 31 heavy (non-hydrogen) atoms. The zero-order valence-corrected chi connectivity index (χ0v) is 19.5. The molecule has 6 nitrogen and oxygen atoms in total. The second-order valence-electron chi connectivity index (χ2n) is 8.75. The molecule has 0 atom stereocenters. The molecular formula is C21H29Cl2F2N3O3. The van der Waals surface area contributed by atoms with E-state index < -0.39 is 23.5 Å². The molecular weight excluding hydrogens is 451 g/mol. The molecule has 1 heterocycles. The van der Waals surface area contributed by atoms with Crippen LogP contribution in [0.3, 0.4) is 0 Å². The Morgan fingerprint density at radius 2 is 1.61 bits per heavy atom. The minimum absolute atomic E-state index is 0.0728. The van der Waals surface area contributed by atoms with E-state index in [2.05, 4.69) is 15.6 Å². The number of nitrogens with zero attached hydrogens (tertiary/aromatic N) is 1. The van der Waals surface area contributed by atoms with Crippen molar-refractivity contribution in [1.29, 1.82) is 0 Å². The van der Waals surface area contributed by atoms with E-state index in [4.69, 9.17) is 27.9 Å². The van der Waals surface area contributed by atoms with E-state index in [1.165, 1.54) is 0 Å². The molecule has 1 aliphatic rings. The Balaban J connectivity index is 1.73. The smallest absolute Gasteiger partial charge is 0.407 e. The zero-order valence-electron chi connectivity index (χ0n) is 17.9. The molecule has 1 aromatic rings. The van der Waals surface area contributed by atoms with Crippen LogP contribution in [-0.2, 0) is 15.5 Å². The van der Waals surface area contributed by atoms with Crippen molar-refractivity contribution in [3.05, 3.63) is 28.0 Å². The van der Waals surface area contributed by atoms with E-state index in [1.807, 2.05) is 0 Å². The van der Waals surface area contributed by atoms with Crippen LogP contribution in [0.1, 0.15) is 58.4 Å². The van der Waals surface area contributed by atoms with Gasteiger partial charge < -0.3 is 15.4 Å². The van der Waals surface area contributed by atoms with Crippen LogP contribution in [-0.4, -0.2) is 35.7 Å². The van der Waals surface area contributed by atoms with E-state index >= 15 is 0 Å². The third kappa shape index (κ3) is 8.07. The first-order chi connectivity index (χ1) is 14.4. The number of aromatic nitrogens is 1. The summed E-state index contributed by atoms with van der Waals surface area (Å²) < 4.78 is 34.9. The first-order valence-electron chi connectivity index (χ1n) is 10.3. The second-order valence-corrected chi connectivity index (χ2v) is 9.52. The van der Waals surface area contributed by atoms with Gasteiger partial charge in [0.05, 0.1) is 0 Å². The summed E-state index contributed by atoms with van der Waals surface area (Å²) in [7, 11) is 0. The molecule has 1 aliphatic carbocycles. The van der Waals surface area contributed by atoms with Gasteiger partial charge in [0, 0.05) is 30.5 Å². The summed E-state index contributed by atoms with van der Waals surface area (Å²) in [6, 6.07) is 2.27. The van der Waals surface area contributed by atoms with Gasteiger partial charge in [-0.1, -0.05) is 23.2 Å². The van der Waals surface area contributed by atoms with Gasteiger partial charge in [0.25, 0.3) is 5.92 Å². The van der Waals surface area contributed by atoms with Crippen molar-refractivity contribution in [2.45, 2.75) is 64.4 Å². The van der Waals surface area contributed by atoms with E-state index in [1.54, 1.807) is 20.8 Å². The fourth-order valence-electron chi connectivity index (χ4n) is 3.56. The average Bonchev–Trinajstić information content (AvgIpc) is 2.65. The molecule has 174 valence electrons. The molecule has 0 aliphatic heterocycles. The number of rotatable bonds is 7. The van der Waals surface area contributed by atoms with Crippen molar-refractivity contribution in [2.24, 2.45) is 11.8 Å². The number of carbonyl (C=O) groups excluding carboxylic acids is 2. The number of ether oxygens (including phenoxy) is 1. The largest absolute Gasteiger partial charge is 0.444 e. The maximum atomic E-state index is 14.9. The summed E-state index contributed by atoms with van der Waals surface area (Å²) in [5.74, 6) is -4.42. The highest BCUT2D eigenvalue weighted by atomic mass is 35.5. The summed E-state index contributed by atoms with van der Waals surface area (Å²) in [5.41, 5.74) is -0.813. The van der Waals surface area contributed by atoms with Crippen LogP contribution in [0.15, 0.2) is 12.1 Å². The third-order valence-electron chi connectivity index (χ3n) is 5.08. The standard InChI is InChI=1S/C21H29Cl2F2N3O3/c1-20(2,3)31-19(30)27-10-4-9-26-18(29)13-5-7-14(8-6-13)21(24,25)15-11-16(22)28-17(23)12-15/h11-14H,4-10H2,1-3H3,(H,26,29)(H,27,30). The Labute approximate surface area is 191 Å². The molecule has 1 fully saturated rings. The van der Waals surface area contributed by atoms with Crippen molar-refractivity contribution in [3.63, 3.8) is 0 Å². The third-order valence-corrected chi connectivity index (χ3v) is 5.47. The minimum Gasteiger partial charge on any atom is -0.444 e. The highest BCUT2D eigenvalue weighted by Gasteiger charge is 2.44. The Morgan fingerprint density at radius 1 is 1.06 bits per heavy atom. The van der Waals surface area contributed by atoms with Crippen molar-refractivity contribution in [2.75, 3.05) is 13.1 Å². The van der Waals surface area contributed by atoms with E-state index in [0.29, 0.717) is 32.4 Å². The topological polar surface area (TPSA) is 80.3 Å². The number of alkyl carbamates (subject to hydrolysis) is 1. The number of amides is 2. The van der Waals surface area contributed by atoms with E-state index in [-0.39, 0.29) is 40.5 Å². The molecule has 0 saturated heterocycles. The molecule has 0 radical (unpaired) electrons. The summed E-state index contributed by atoms with van der Waals surface area (Å²) in [6.07, 6.45) is 1.26. The molecule has 0 unspecified atom stereocenters.